The van der Waals surface area contributed by atoms with E-state index in [-0.39, 0.29) is 11.9 Å². The highest BCUT2D eigenvalue weighted by Crippen LogP contribution is 2.45. The molecular weight excluding hydrogens is 266 g/mol. The molecule has 0 bridgehead atoms. The minimum atomic E-state index is -0.469. The highest BCUT2D eigenvalue weighted by molar-refractivity contribution is 5.78. The van der Waals surface area contributed by atoms with Crippen molar-refractivity contribution in [3.05, 3.63) is 82.3 Å². The zero-order chi connectivity index (χ0) is 14.4. The summed E-state index contributed by atoms with van der Waals surface area (Å²) in [6.45, 7) is 0. The fraction of sp³-hybridized carbons (Fsp3) is 0.0625. The number of benzene rings is 2. The summed E-state index contributed by atoms with van der Waals surface area (Å²) in [4.78, 5) is 14.3. The molecular formula is C16H11N3O2. The second-order valence-corrected chi connectivity index (χ2v) is 5.01. The standard InChI is InChI=1S/C16H11N3O2/c20-19(21)15-9-18(10-17-15)16-13-7-3-1-5-11(13)12-6-2-4-8-14(12)16/h1-10,16H. The lowest BCUT2D eigenvalue weighted by Crippen LogP contribution is -2.07. The van der Waals surface area contributed by atoms with Gasteiger partial charge in [-0.15, -0.1) is 0 Å². The number of aromatic nitrogens is 2. The number of nitrogens with zero attached hydrogens (tertiary/aromatic N) is 3. The summed E-state index contributed by atoms with van der Waals surface area (Å²) in [5.41, 5.74) is 4.64. The van der Waals surface area contributed by atoms with Crippen LogP contribution in [-0.2, 0) is 0 Å². The Kier molecular flexibility index (Phi) is 2.41. The van der Waals surface area contributed by atoms with Gasteiger partial charge in [0.2, 0.25) is 6.33 Å². The monoisotopic (exact) mass is 277 g/mol. The first-order chi connectivity index (χ1) is 10.3. The summed E-state index contributed by atoms with van der Waals surface area (Å²) in [5.74, 6) is -0.128. The Morgan fingerprint density at radius 2 is 1.57 bits per heavy atom. The van der Waals surface area contributed by atoms with Crippen LogP contribution < -0.4 is 0 Å². The SMILES string of the molecule is O=[N+]([O-])c1cn(C2c3ccccc3-c3ccccc32)cn1. The molecule has 0 unspecified atom stereocenters. The van der Waals surface area contributed by atoms with Crippen molar-refractivity contribution in [2.24, 2.45) is 0 Å². The fourth-order valence-corrected chi connectivity index (χ4v) is 3.01. The van der Waals surface area contributed by atoms with Crippen LogP contribution >= 0.6 is 0 Å². The maximum atomic E-state index is 10.9. The third kappa shape index (κ3) is 1.67. The van der Waals surface area contributed by atoms with E-state index in [1.54, 1.807) is 0 Å². The molecule has 102 valence electrons. The predicted molar refractivity (Wildman–Crippen MR) is 78.0 cm³/mol. The lowest BCUT2D eigenvalue weighted by molar-refractivity contribution is -0.389. The Hall–Kier alpha value is -2.95. The molecule has 0 fully saturated rings. The lowest BCUT2D eigenvalue weighted by Gasteiger charge is -2.13. The summed E-state index contributed by atoms with van der Waals surface area (Å²) in [5, 5.41) is 10.9. The second kappa shape index (κ2) is 4.28. The van der Waals surface area contributed by atoms with E-state index in [4.69, 9.17) is 0 Å². The number of imidazole rings is 1. The van der Waals surface area contributed by atoms with Gasteiger partial charge in [0.1, 0.15) is 6.20 Å². The molecule has 0 saturated carbocycles. The topological polar surface area (TPSA) is 61.0 Å². The summed E-state index contributed by atoms with van der Waals surface area (Å²) in [7, 11) is 0. The Balaban J connectivity index is 1.94. The molecule has 0 amide bonds. The second-order valence-electron chi connectivity index (χ2n) is 5.01. The van der Waals surface area contributed by atoms with Crippen molar-refractivity contribution in [2.45, 2.75) is 6.04 Å². The van der Waals surface area contributed by atoms with Gasteiger partial charge < -0.3 is 10.1 Å². The van der Waals surface area contributed by atoms with E-state index in [1.807, 2.05) is 28.8 Å². The van der Waals surface area contributed by atoms with Crippen LogP contribution in [0.4, 0.5) is 5.82 Å². The van der Waals surface area contributed by atoms with Crippen molar-refractivity contribution in [3.63, 3.8) is 0 Å². The van der Waals surface area contributed by atoms with Crippen molar-refractivity contribution in [1.29, 1.82) is 0 Å². The van der Waals surface area contributed by atoms with E-state index in [9.17, 15) is 10.1 Å². The number of rotatable bonds is 2. The molecule has 0 radical (unpaired) electrons. The Bertz CT molecular complexity index is 808. The van der Waals surface area contributed by atoms with E-state index in [0.29, 0.717) is 0 Å². The molecule has 0 atom stereocenters. The summed E-state index contributed by atoms with van der Waals surface area (Å²) < 4.78 is 1.81. The summed E-state index contributed by atoms with van der Waals surface area (Å²) >= 11 is 0. The number of nitro groups is 1. The van der Waals surface area contributed by atoms with Gasteiger partial charge in [0.25, 0.3) is 0 Å². The molecule has 5 heteroatoms. The van der Waals surface area contributed by atoms with Crippen molar-refractivity contribution < 1.29 is 4.92 Å². The Labute approximate surface area is 120 Å². The molecule has 0 spiro atoms. The number of hydrogen-bond acceptors (Lipinski definition) is 3. The van der Waals surface area contributed by atoms with E-state index < -0.39 is 4.92 Å². The minimum absolute atomic E-state index is 0.0569. The van der Waals surface area contributed by atoms with Gasteiger partial charge in [0.05, 0.1) is 6.04 Å². The molecule has 21 heavy (non-hydrogen) atoms. The molecule has 2 aromatic carbocycles. The van der Waals surface area contributed by atoms with Crippen molar-refractivity contribution >= 4 is 5.82 Å². The van der Waals surface area contributed by atoms with Gasteiger partial charge in [0, 0.05) is 0 Å². The van der Waals surface area contributed by atoms with Crippen LogP contribution in [0, 0.1) is 10.1 Å². The minimum Gasteiger partial charge on any atom is -0.358 e. The van der Waals surface area contributed by atoms with Gasteiger partial charge >= 0.3 is 5.82 Å². The van der Waals surface area contributed by atoms with Crippen LogP contribution in [0.3, 0.4) is 0 Å². The third-order valence-corrected chi connectivity index (χ3v) is 3.87. The van der Waals surface area contributed by atoms with E-state index >= 15 is 0 Å². The molecule has 1 heterocycles. The third-order valence-electron chi connectivity index (χ3n) is 3.87. The van der Waals surface area contributed by atoms with Crippen molar-refractivity contribution in [1.82, 2.24) is 9.55 Å². The quantitative estimate of drug-likeness (QED) is 0.416. The van der Waals surface area contributed by atoms with E-state index in [0.717, 1.165) is 11.1 Å². The normalized spacial score (nSPS) is 13.0. The van der Waals surface area contributed by atoms with Gasteiger partial charge in [-0.1, -0.05) is 48.5 Å². The zero-order valence-corrected chi connectivity index (χ0v) is 11.0. The van der Waals surface area contributed by atoms with Crippen LogP contribution in [-0.4, -0.2) is 14.5 Å². The van der Waals surface area contributed by atoms with Gasteiger partial charge in [-0.05, 0) is 32.2 Å². The van der Waals surface area contributed by atoms with Crippen LogP contribution in [0.5, 0.6) is 0 Å². The number of hydrogen-bond donors (Lipinski definition) is 0. The van der Waals surface area contributed by atoms with Crippen LogP contribution in [0.15, 0.2) is 61.1 Å². The molecule has 1 aliphatic carbocycles. The van der Waals surface area contributed by atoms with E-state index in [1.165, 1.54) is 23.7 Å². The van der Waals surface area contributed by atoms with Gasteiger partial charge in [-0.25, -0.2) is 0 Å². The van der Waals surface area contributed by atoms with Gasteiger partial charge in [-0.2, -0.15) is 0 Å². The first-order valence-electron chi connectivity index (χ1n) is 6.62. The average Bonchev–Trinajstić information content (AvgIpc) is 3.09. The number of fused-ring (bicyclic) bond motifs is 3. The first-order valence-corrected chi connectivity index (χ1v) is 6.62. The summed E-state index contributed by atoms with van der Waals surface area (Å²) in [6, 6.07) is 16.2. The molecule has 5 nitrogen and oxygen atoms in total. The van der Waals surface area contributed by atoms with Crippen LogP contribution in [0.2, 0.25) is 0 Å². The average molecular weight is 277 g/mol. The molecule has 1 aromatic heterocycles. The van der Waals surface area contributed by atoms with Gasteiger partial charge in [-0.3, -0.25) is 4.57 Å². The zero-order valence-electron chi connectivity index (χ0n) is 11.0. The largest absolute Gasteiger partial charge is 0.381 e. The van der Waals surface area contributed by atoms with Crippen molar-refractivity contribution in [2.75, 3.05) is 0 Å². The van der Waals surface area contributed by atoms with Crippen LogP contribution in [0.1, 0.15) is 17.2 Å². The maximum Gasteiger partial charge on any atom is 0.381 e. The molecule has 3 aromatic rings. The van der Waals surface area contributed by atoms with Crippen LogP contribution in [0.25, 0.3) is 11.1 Å². The predicted octanol–water partition coefficient (Wildman–Crippen LogP) is 3.41. The molecule has 4 rings (SSSR count). The smallest absolute Gasteiger partial charge is 0.358 e. The van der Waals surface area contributed by atoms with E-state index in [2.05, 4.69) is 29.2 Å². The molecule has 1 aliphatic rings. The highest BCUT2D eigenvalue weighted by atomic mass is 16.6. The fourth-order valence-electron chi connectivity index (χ4n) is 3.01. The first kappa shape index (κ1) is 11.8. The Morgan fingerprint density at radius 3 is 2.10 bits per heavy atom. The van der Waals surface area contributed by atoms with Gasteiger partial charge in [0.15, 0.2) is 0 Å². The van der Waals surface area contributed by atoms with Crippen molar-refractivity contribution in [3.8, 4) is 11.1 Å². The molecule has 0 N–H and O–H groups in total. The molecule has 0 saturated heterocycles. The Morgan fingerprint density at radius 1 is 1.00 bits per heavy atom. The molecule has 0 aliphatic heterocycles. The highest BCUT2D eigenvalue weighted by Gasteiger charge is 2.30. The lowest BCUT2D eigenvalue weighted by atomic mass is 10.1. The maximum absolute atomic E-state index is 10.9. The summed E-state index contributed by atoms with van der Waals surface area (Å²) in [6.07, 6.45) is 3.02.